The molecule has 0 heterocycles. The highest BCUT2D eigenvalue weighted by molar-refractivity contribution is 14.1. The zero-order valence-electron chi connectivity index (χ0n) is 15.0. The maximum atomic E-state index is 13.0. The molecule has 8 heteroatoms. The Morgan fingerprint density at radius 3 is 2.29 bits per heavy atom. The molecule has 0 spiro atoms. The number of amides is 1. The maximum absolute atomic E-state index is 13.0. The van der Waals surface area contributed by atoms with Crippen LogP contribution in [-0.4, -0.2) is 16.2 Å². The highest BCUT2D eigenvalue weighted by Gasteiger charge is 2.28. The van der Waals surface area contributed by atoms with E-state index in [0.29, 0.717) is 0 Å². The van der Waals surface area contributed by atoms with Crippen LogP contribution < -0.4 is 10.0 Å². The summed E-state index contributed by atoms with van der Waals surface area (Å²) in [6.07, 6.45) is 3.13. The van der Waals surface area contributed by atoms with E-state index in [1.165, 1.54) is 12.1 Å². The van der Waals surface area contributed by atoms with E-state index in [4.69, 9.17) is 0 Å². The van der Waals surface area contributed by atoms with Gasteiger partial charge in [-0.2, -0.15) is 0 Å². The largest absolute Gasteiger partial charge is 0.340 e. The summed E-state index contributed by atoms with van der Waals surface area (Å²) in [6.45, 7) is 0. The number of hydrogen-bond donors (Lipinski definition) is 2. The lowest BCUT2D eigenvalue weighted by Crippen LogP contribution is -2.39. The molecule has 150 valence electrons. The molecular formula is C20H21BrFIN2O2S. The van der Waals surface area contributed by atoms with Gasteiger partial charge < -0.3 is 5.32 Å². The van der Waals surface area contributed by atoms with Crippen LogP contribution in [0.15, 0.2) is 57.9 Å². The Balaban J connectivity index is 1.46. The number of halogens is 3. The monoisotopic (exact) mass is 578 g/mol. The molecule has 28 heavy (non-hydrogen) atoms. The van der Waals surface area contributed by atoms with E-state index in [2.05, 4.69) is 48.6 Å². The molecule has 0 radical (unpaired) electrons. The van der Waals surface area contributed by atoms with Crippen LogP contribution in [0.1, 0.15) is 35.3 Å². The van der Waals surface area contributed by atoms with Crippen LogP contribution in [0.3, 0.4) is 0 Å². The Hall–Kier alpha value is -0.840. The molecule has 0 aliphatic heterocycles. The number of benzene rings is 2. The van der Waals surface area contributed by atoms with Crippen molar-refractivity contribution in [1.29, 1.82) is 0 Å². The average molecular weight is 579 g/mol. The summed E-state index contributed by atoms with van der Waals surface area (Å²) in [5.41, 5.74) is 0.871. The Bertz CT molecular complexity index is 827. The molecule has 1 saturated carbocycles. The van der Waals surface area contributed by atoms with Crippen LogP contribution in [0.4, 0.5) is 4.39 Å². The van der Waals surface area contributed by atoms with Crippen molar-refractivity contribution in [2.45, 2.75) is 40.7 Å². The molecule has 0 aromatic heterocycles. The fraction of sp³-hybridized carbons (Fsp3) is 0.350. The van der Waals surface area contributed by atoms with Gasteiger partial charge in [-0.1, -0.05) is 50.7 Å². The summed E-state index contributed by atoms with van der Waals surface area (Å²) in [5.74, 6) is -0.307. The third-order valence-corrected chi connectivity index (χ3v) is 7.64. The quantitative estimate of drug-likeness (QED) is 0.288. The third-order valence-electron chi connectivity index (χ3n) is 4.83. The number of carbonyl (C=O) groups is 1. The van der Waals surface area contributed by atoms with Gasteiger partial charge in [0, 0.05) is 16.4 Å². The first-order valence-corrected chi connectivity index (χ1v) is 12.2. The first kappa shape index (κ1) is 21.9. The lowest BCUT2D eigenvalue weighted by Gasteiger charge is -2.28. The van der Waals surface area contributed by atoms with E-state index < -0.39 is 11.0 Å². The number of carbonyl (C=O) groups excluding carboxylic acids is 1. The summed E-state index contributed by atoms with van der Waals surface area (Å²) < 4.78 is 29.4. The first-order chi connectivity index (χ1) is 13.4. The van der Waals surface area contributed by atoms with E-state index in [0.717, 1.165) is 40.6 Å². The molecule has 1 aliphatic carbocycles. The molecule has 2 atom stereocenters. The van der Waals surface area contributed by atoms with Crippen LogP contribution in [0, 0.1) is 11.7 Å². The molecule has 1 amide bonds. The van der Waals surface area contributed by atoms with Gasteiger partial charge in [0.05, 0.1) is 4.90 Å². The van der Waals surface area contributed by atoms with Crippen molar-refractivity contribution in [3.05, 3.63) is 64.4 Å². The van der Waals surface area contributed by atoms with Crippen LogP contribution >= 0.6 is 38.5 Å². The number of nitrogens with one attached hydrogen (secondary N) is 2. The van der Waals surface area contributed by atoms with Crippen molar-refractivity contribution in [1.82, 2.24) is 10.0 Å². The Morgan fingerprint density at radius 2 is 1.68 bits per heavy atom. The summed E-state index contributed by atoms with van der Waals surface area (Å²) in [5, 5.41) is 3.01. The number of alkyl halides is 1. The summed E-state index contributed by atoms with van der Waals surface area (Å²) in [6, 6.07) is 13.7. The molecule has 3 rings (SSSR count). The Labute approximate surface area is 188 Å². The van der Waals surface area contributed by atoms with Crippen molar-refractivity contribution in [2.24, 2.45) is 5.92 Å². The highest BCUT2D eigenvalue weighted by Crippen LogP contribution is 2.28. The zero-order valence-corrected chi connectivity index (χ0v) is 19.6. The summed E-state index contributed by atoms with van der Waals surface area (Å²) >= 11 is 5.52. The SMILES string of the molecule is O=C(N[C@@H](I)c1ccc(F)cc1)C1CCC(NS(=O)c2ccc(Br)cc2)CC1. The van der Waals surface area contributed by atoms with Crippen molar-refractivity contribution < 1.29 is 13.4 Å². The Kier molecular flexibility index (Phi) is 8.02. The van der Waals surface area contributed by atoms with E-state index in [1.54, 1.807) is 12.1 Å². The maximum Gasteiger partial charge on any atom is 0.224 e. The van der Waals surface area contributed by atoms with Crippen LogP contribution in [-0.2, 0) is 15.8 Å². The molecule has 2 aromatic carbocycles. The molecular weight excluding hydrogens is 558 g/mol. The van der Waals surface area contributed by atoms with Crippen molar-refractivity contribution in [3.63, 3.8) is 0 Å². The molecule has 4 nitrogen and oxygen atoms in total. The van der Waals surface area contributed by atoms with Gasteiger partial charge in [-0.15, -0.1) is 0 Å². The second-order valence-corrected chi connectivity index (χ2v) is 10.2. The molecule has 1 unspecified atom stereocenters. The highest BCUT2D eigenvalue weighted by atomic mass is 127. The van der Waals surface area contributed by atoms with Crippen molar-refractivity contribution >= 4 is 55.4 Å². The van der Waals surface area contributed by atoms with E-state index in [9.17, 15) is 13.4 Å². The smallest absolute Gasteiger partial charge is 0.224 e. The van der Waals surface area contributed by atoms with Gasteiger partial charge in [0.25, 0.3) is 0 Å². The van der Waals surface area contributed by atoms with Crippen molar-refractivity contribution in [2.75, 3.05) is 0 Å². The fourth-order valence-corrected chi connectivity index (χ4v) is 5.25. The molecule has 2 N–H and O–H groups in total. The lowest BCUT2D eigenvalue weighted by molar-refractivity contribution is -0.126. The molecule has 1 aliphatic rings. The Morgan fingerprint density at radius 1 is 1.07 bits per heavy atom. The minimum Gasteiger partial charge on any atom is -0.340 e. The van der Waals surface area contributed by atoms with Crippen LogP contribution in [0.2, 0.25) is 0 Å². The topological polar surface area (TPSA) is 58.2 Å². The predicted molar refractivity (Wildman–Crippen MR) is 121 cm³/mol. The van der Waals surface area contributed by atoms with Gasteiger partial charge in [-0.25, -0.2) is 13.3 Å². The van der Waals surface area contributed by atoms with Gasteiger partial charge in [0.15, 0.2) is 0 Å². The van der Waals surface area contributed by atoms with Gasteiger partial charge in [-0.05, 0) is 67.6 Å². The van der Waals surface area contributed by atoms with E-state index in [-0.39, 0.29) is 27.7 Å². The normalized spacial score (nSPS) is 21.7. The van der Waals surface area contributed by atoms with Gasteiger partial charge in [-0.3, -0.25) is 4.79 Å². The van der Waals surface area contributed by atoms with Crippen LogP contribution in [0.25, 0.3) is 0 Å². The number of rotatable bonds is 6. The van der Waals surface area contributed by atoms with Gasteiger partial charge in [0.2, 0.25) is 5.91 Å². The number of hydrogen-bond acceptors (Lipinski definition) is 2. The van der Waals surface area contributed by atoms with Gasteiger partial charge >= 0.3 is 0 Å². The van der Waals surface area contributed by atoms with E-state index in [1.807, 2.05) is 24.3 Å². The summed E-state index contributed by atoms with van der Waals surface area (Å²) in [7, 11) is -1.25. The van der Waals surface area contributed by atoms with Gasteiger partial charge in [0.1, 0.15) is 20.9 Å². The molecule has 0 bridgehead atoms. The zero-order chi connectivity index (χ0) is 20.1. The molecule has 2 aromatic rings. The second kappa shape index (κ2) is 10.3. The standard InChI is InChI=1S/C20H21BrFIN2O2S/c21-15-5-11-18(12-6-15)28(27)25-17-9-3-14(4-10-17)20(26)24-19(23)13-1-7-16(22)8-2-13/h1-2,5-8,11-12,14,17,19,25H,3-4,9-10H2,(H,24,26)/t14?,17?,19-,28?/m1/s1. The van der Waals surface area contributed by atoms with E-state index >= 15 is 0 Å². The minimum atomic E-state index is -1.25. The fourth-order valence-electron chi connectivity index (χ4n) is 3.21. The third kappa shape index (κ3) is 6.08. The minimum absolute atomic E-state index is 0.0243. The lowest BCUT2D eigenvalue weighted by atomic mass is 9.86. The first-order valence-electron chi connectivity index (χ1n) is 9.06. The molecule has 0 saturated heterocycles. The average Bonchev–Trinajstić information content (AvgIpc) is 2.69. The second-order valence-electron chi connectivity index (χ2n) is 6.81. The van der Waals surface area contributed by atoms with Crippen molar-refractivity contribution in [3.8, 4) is 0 Å². The molecule has 1 fully saturated rings. The van der Waals surface area contributed by atoms with Crippen LogP contribution in [0.5, 0.6) is 0 Å². The summed E-state index contributed by atoms with van der Waals surface area (Å²) in [4.78, 5) is 13.3. The predicted octanol–water partition coefficient (Wildman–Crippen LogP) is 5.01.